The van der Waals surface area contributed by atoms with Gasteiger partial charge >= 0.3 is 0 Å². The molecule has 3 N–H and O–H groups in total. The Balaban J connectivity index is 2.64. The van der Waals surface area contributed by atoms with Crippen LogP contribution in [0.5, 0.6) is 0 Å². The van der Waals surface area contributed by atoms with E-state index < -0.39 is 0 Å². The van der Waals surface area contributed by atoms with Gasteiger partial charge in [0.05, 0.1) is 13.2 Å². The van der Waals surface area contributed by atoms with Gasteiger partial charge in [0.15, 0.2) is 5.96 Å². The first-order valence-corrected chi connectivity index (χ1v) is 6.76. The average Bonchev–Trinajstić information content (AvgIpc) is 2.37. The van der Waals surface area contributed by atoms with Crippen LogP contribution in [0.2, 0.25) is 0 Å². The van der Waals surface area contributed by atoms with E-state index in [9.17, 15) is 0 Å². The van der Waals surface area contributed by atoms with E-state index in [0.717, 1.165) is 0 Å². The van der Waals surface area contributed by atoms with Crippen LogP contribution in [-0.4, -0.2) is 39.8 Å². The third kappa shape index (κ3) is 5.09. The molecule has 0 radical (unpaired) electrons. The Hall–Kier alpha value is -1.75. The van der Waals surface area contributed by atoms with E-state index >= 15 is 0 Å². The van der Waals surface area contributed by atoms with Crippen molar-refractivity contribution in [2.75, 3.05) is 32.7 Å². The van der Waals surface area contributed by atoms with Gasteiger partial charge in [-0.05, 0) is 37.1 Å². The van der Waals surface area contributed by atoms with E-state index in [1.165, 1.54) is 16.8 Å². The first-order chi connectivity index (χ1) is 9.43. The van der Waals surface area contributed by atoms with Crippen LogP contribution in [0.4, 0.5) is 5.69 Å². The number of anilines is 1. The summed E-state index contributed by atoms with van der Waals surface area (Å²) in [6.07, 6.45) is 0. The molecule has 1 unspecified atom stereocenters. The highest BCUT2D eigenvalue weighted by molar-refractivity contribution is 5.78. The number of nitrogens with one attached hydrogen (secondary N) is 1. The molecule has 0 saturated carbocycles. The number of hydrogen-bond donors (Lipinski definition) is 2. The normalized spacial score (nSPS) is 13.2. The second-order valence-corrected chi connectivity index (χ2v) is 5.21. The van der Waals surface area contributed by atoms with Gasteiger partial charge in [-0.2, -0.15) is 0 Å². The summed E-state index contributed by atoms with van der Waals surface area (Å²) in [5, 5.41) is 3.09. The molecule has 0 aromatic heterocycles. The van der Waals surface area contributed by atoms with E-state index in [0.29, 0.717) is 19.1 Å². The molecule has 1 atom stereocenters. The van der Waals surface area contributed by atoms with Gasteiger partial charge < -0.3 is 20.7 Å². The molecule has 0 fully saturated rings. The van der Waals surface area contributed by atoms with Gasteiger partial charge in [0.25, 0.3) is 0 Å². The van der Waals surface area contributed by atoms with E-state index in [4.69, 9.17) is 10.5 Å². The average molecular weight is 278 g/mol. The smallest absolute Gasteiger partial charge is 0.189 e. The zero-order chi connectivity index (χ0) is 15.1. The number of aryl methyl sites for hydroxylation is 1. The summed E-state index contributed by atoms with van der Waals surface area (Å²) in [6, 6.07) is 6.50. The SMILES string of the molecule is COCC(C)NC(N)=NCc1ccc(N(C)C)cc1C. The first kappa shape index (κ1) is 16.3. The van der Waals surface area contributed by atoms with Gasteiger partial charge in [-0.15, -0.1) is 0 Å². The van der Waals surface area contributed by atoms with Crippen LogP contribution >= 0.6 is 0 Å². The number of benzene rings is 1. The highest BCUT2D eigenvalue weighted by Crippen LogP contribution is 2.17. The maximum atomic E-state index is 5.86. The lowest BCUT2D eigenvalue weighted by molar-refractivity contribution is 0.179. The van der Waals surface area contributed by atoms with Crippen LogP contribution in [0, 0.1) is 6.92 Å². The molecule has 5 heteroatoms. The van der Waals surface area contributed by atoms with Crippen molar-refractivity contribution >= 4 is 11.6 Å². The number of aliphatic imine (C=N–C) groups is 1. The van der Waals surface area contributed by atoms with Crippen LogP contribution in [0.15, 0.2) is 23.2 Å². The lowest BCUT2D eigenvalue weighted by atomic mass is 10.1. The molecule has 5 nitrogen and oxygen atoms in total. The molecule has 20 heavy (non-hydrogen) atoms. The Morgan fingerprint density at radius 2 is 2.15 bits per heavy atom. The summed E-state index contributed by atoms with van der Waals surface area (Å²) in [7, 11) is 5.73. The molecule has 0 aliphatic carbocycles. The Morgan fingerprint density at radius 3 is 2.70 bits per heavy atom. The molecule has 0 heterocycles. The summed E-state index contributed by atoms with van der Waals surface area (Å²) < 4.78 is 5.04. The number of ether oxygens (including phenoxy) is 1. The summed E-state index contributed by atoms with van der Waals surface area (Å²) in [5.41, 5.74) is 9.45. The second-order valence-electron chi connectivity index (χ2n) is 5.21. The molecule has 1 rings (SSSR count). The predicted octanol–water partition coefficient (Wildman–Crippen LogP) is 1.50. The largest absolute Gasteiger partial charge is 0.383 e. The molecular formula is C15H26N4O. The van der Waals surface area contributed by atoms with E-state index in [1.807, 2.05) is 21.0 Å². The molecule has 1 aromatic rings. The maximum Gasteiger partial charge on any atom is 0.189 e. The lowest BCUT2D eigenvalue weighted by Gasteiger charge is -2.15. The fraction of sp³-hybridized carbons (Fsp3) is 0.533. The van der Waals surface area contributed by atoms with Gasteiger partial charge in [0, 0.05) is 32.9 Å². The standard InChI is InChI=1S/C15H26N4O/c1-11-8-14(19(3)4)7-6-13(11)9-17-15(16)18-12(2)10-20-5/h6-8,12H,9-10H2,1-5H3,(H3,16,17,18). The predicted molar refractivity (Wildman–Crippen MR) is 85.3 cm³/mol. The number of guanidine groups is 1. The van der Waals surface area contributed by atoms with Crippen LogP contribution in [0.25, 0.3) is 0 Å². The molecule has 0 aliphatic heterocycles. The first-order valence-electron chi connectivity index (χ1n) is 6.76. The van der Waals surface area contributed by atoms with E-state index in [1.54, 1.807) is 7.11 Å². The van der Waals surface area contributed by atoms with E-state index in [2.05, 4.69) is 40.3 Å². The van der Waals surface area contributed by atoms with Crippen LogP contribution in [-0.2, 0) is 11.3 Å². The Bertz CT molecular complexity index is 457. The summed E-state index contributed by atoms with van der Waals surface area (Å²) in [5.74, 6) is 0.450. The Kier molecular flexibility index (Phi) is 6.31. The minimum Gasteiger partial charge on any atom is -0.383 e. The zero-order valence-corrected chi connectivity index (χ0v) is 13.1. The van der Waals surface area contributed by atoms with Crippen molar-refractivity contribution in [1.82, 2.24) is 5.32 Å². The third-order valence-electron chi connectivity index (χ3n) is 3.07. The monoisotopic (exact) mass is 278 g/mol. The maximum absolute atomic E-state index is 5.86. The lowest BCUT2D eigenvalue weighted by Crippen LogP contribution is -2.40. The molecular weight excluding hydrogens is 252 g/mol. The van der Waals surface area contributed by atoms with Crippen molar-refractivity contribution in [2.45, 2.75) is 26.4 Å². The van der Waals surface area contributed by atoms with Crippen molar-refractivity contribution in [2.24, 2.45) is 10.7 Å². The van der Waals surface area contributed by atoms with Crippen molar-refractivity contribution in [3.8, 4) is 0 Å². The summed E-state index contributed by atoms with van der Waals surface area (Å²) in [4.78, 5) is 6.45. The fourth-order valence-corrected chi connectivity index (χ4v) is 1.90. The van der Waals surface area contributed by atoms with Crippen molar-refractivity contribution in [3.05, 3.63) is 29.3 Å². The van der Waals surface area contributed by atoms with Gasteiger partial charge in [-0.1, -0.05) is 6.07 Å². The van der Waals surface area contributed by atoms with Gasteiger partial charge in [-0.3, -0.25) is 0 Å². The number of hydrogen-bond acceptors (Lipinski definition) is 3. The van der Waals surface area contributed by atoms with Gasteiger partial charge in [-0.25, -0.2) is 4.99 Å². The number of nitrogens with two attached hydrogens (primary N) is 1. The number of nitrogens with zero attached hydrogens (tertiary/aromatic N) is 2. The van der Waals surface area contributed by atoms with Gasteiger partial charge in [0.2, 0.25) is 0 Å². The highest BCUT2D eigenvalue weighted by Gasteiger charge is 2.03. The topological polar surface area (TPSA) is 62.9 Å². The molecule has 0 saturated heterocycles. The second kappa shape index (κ2) is 7.75. The van der Waals surface area contributed by atoms with Gasteiger partial charge in [0.1, 0.15) is 0 Å². The number of rotatable bonds is 6. The van der Waals surface area contributed by atoms with Crippen LogP contribution in [0.3, 0.4) is 0 Å². The molecule has 0 spiro atoms. The minimum absolute atomic E-state index is 0.154. The van der Waals surface area contributed by atoms with Crippen molar-refractivity contribution in [1.29, 1.82) is 0 Å². The highest BCUT2D eigenvalue weighted by atomic mass is 16.5. The number of methoxy groups -OCH3 is 1. The van der Waals surface area contributed by atoms with E-state index in [-0.39, 0.29) is 6.04 Å². The van der Waals surface area contributed by atoms with Crippen molar-refractivity contribution < 1.29 is 4.74 Å². The quantitative estimate of drug-likeness (QED) is 0.611. The van der Waals surface area contributed by atoms with Crippen LogP contribution in [0.1, 0.15) is 18.1 Å². The molecule has 0 aliphatic rings. The van der Waals surface area contributed by atoms with Crippen LogP contribution < -0.4 is 16.0 Å². The molecule has 0 amide bonds. The summed E-state index contributed by atoms with van der Waals surface area (Å²) >= 11 is 0. The fourth-order valence-electron chi connectivity index (χ4n) is 1.90. The molecule has 0 bridgehead atoms. The van der Waals surface area contributed by atoms with Crippen molar-refractivity contribution in [3.63, 3.8) is 0 Å². The summed E-state index contributed by atoms with van der Waals surface area (Å²) in [6.45, 7) is 5.28. The minimum atomic E-state index is 0.154. The molecule has 1 aromatic carbocycles. The Labute approximate surface area is 121 Å². The molecule has 112 valence electrons. The third-order valence-corrected chi connectivity index (χ3v) is 3.07. The zero-order valence-electron chi connectivity index (χ0n) is 13.1. The Morgan fingerprint density at radius 1 is 1.45 bits per heavy atom.